The van der Waals surface area contributed by atoms with Crippen LogP contribution in [0.5, 0.6) is 5.75 Å². The fraction of sp³-hybridized carbons (Fsp3) is 0.120. The summed E-state index contributed by atoms with van der Waals surface area (Å²) in [5.74, 6) is 0.990. The maximum Gasteiger partial charge on any atom is 0.256 e. The third kappa shape index (κ3) is 5.69. The van der Waals surface area contributed by atoms with Gasteiger partial charge in [0.25, 0.3) is 5.91 Å². The van der Waals surface area contributed by atoms with Crippen LogP contribution in [0.3, 0.4) is 0 Å². The van der Waals surface area contributed by atoms with E-state index in [4.69, 9.17) is 27.9 Å². The summed E-state index contributed by atoms with van der Waals surface area (Å²) in [6.45, 7) is 2.89. The quantitative estimate of drug-likeness (QED) is 0.344. The summed E-state index contributed by atoms with van der Waals surface area (Å²) in [7, 11) is 0. The highest BCUT2D eigenvalue weighted by Crippen LogP contribution is 2.18. The van der Waals surface area contributed by atoms with Crippen molar-refractivity contribution in [2.45, 2.75) is 20.1 Å². The number of halogens is 2. The lowest BCUT2D eigenvalue weighted by atomic mass is 10.1. The number of benzene rings is 3. The van der Waals surface area contributed by atoms with Gasteiger partial charge in [-0.05, 0) is 66.6 Å². The van der Waals surface area contributed by atoms with Gasteiger partial charge in [0.05, 0.1) is 6.54 Å². The van der Waals surface area contributed by atoms with Gasteiger partial charge >= 0.3 is 0 Å². The molecule has 162 valence electrons. The standard InChI is InChI=1S/C25H21Cl2N3O2/c1-17-13-24(29-30(17)15-18-5-7-21(26)8-6-18)28-25(31)20-4-2-3-19(14-20)16-32-23-11-9-22(27)10-12-23/h2-14H,15-16H2,1H3,(H,28,29,31). The van der Waals surface area contributed by atoms with E-state index in [1.165, 1.54) is 0 Å². The Bertz CT molecular complexity index is 1220. The molecule has 0 radical (unpaired) electrons. The van der Waals surface area contributed by atoms with Crippen LogP contribution in [0.4, 0.5) is 5.82 Å². The topological polar surface area (TPSA) is 56.1 Å². The number of rotatable bonds is 7. The summed E-state index contributed by atoms with van der Waals surface area (Å²) < 4.78 is 7.61. The first-order valence-corrected chi connectivity index (χ1v) is 10.8. The fourth-order valence-electron chi connectivity index (χ4n) is 3.18. The van der Waals surface area contributed by atoms with Crippen molar-refractivity contribution in [2.24, 2.45) is 0 Å². The number of carbonyl (C=O) groups excluding carboxylic acids is 1. The molecule has 1 aromatic heterocycles. The Morgan fingerprint density at radius 3 is 2.34 bits per heavy atom. The average Bonchev–Trinajstić information content (AvgIpc) is 3.13. The summed E-state index contributed by atoms with van der Waals surface area (Å²) >= 11 is 11.8. The lowest BCUT2D eigenvalue weighted by Crippen LogP contribution is -2.13. The van der Waals surface area contributed by atoms with E-state index in [1.807, 2.05) is 72.3 Å². The van der Waals surface area contributed by atoms with Crippen LogP contribution in [-0.2, 0) is 13.2 Å². The molecule has 1 heterocycles. The Kier molecular flexibility index (Phi) is 6.78. The van der Waals surface area contributed by atoms with Crippen LogP contribution in [0.25, 0.3) is 0 Å². The maximum absolute atomic E-state index is 12.8. The SMILES string of the molecule is Cc1cc(NC(=O)c2cccc(COc3ccc(Cl)cc3)c2)nn1Cc1ccc(Cl)cc1. The predicted molar refractivity (Wildman–Crippen MR) is 128 cm³/mol. The number of aromatic nitrogens is 2. The number of nitrogens with zero attached hydrogens (tertiary/aromatic N) is 2. The first kappa shape index (κ1) is 21.9. The van der Waals surface area contributed by atoms with Crippen LogP contribution in [0.15, 0.2) is 78.9 Å². The van der Waals surface area contributed by atoms with Gasteiger partial charge in [-0.1, -0.05) is 47.5 Å². The van der Waals surface area contributed by atoms with Crippen LogP contribution in [0.1, 0.15) is 27.2 Å². The van der Waals surface area contributed by atoms with E-state index < -0.39 is 0 Å². The molecule has 0 saturated carbocycles. The molecule has 0 unspecified atom stereocenters. The minimum atomic E-state index is -0.227. The Morgan fingerprint density at radius 2 is 1.62 bits per heavy atom. The number of hydrogen-bond acceptors (Lipinski definition) is 3. The van der Waals surface area contributed by atoms with Gasteiger partial charge in [-0.15, -0.1) is 0 Å². The Morgan fingerprint density at radius 1 is 0.938 bits per heavy atom. The van der Waals surface area contributed by atoms with E-state index in [1.54, 1.807) is 18.2 Å². The minimum absolute atomic E-state index is 0.227. The smallest absolute Gasteiger partial charge is 0.256 e. The number of aryl methyl sites for hydroxylation is 1. The van der Waals surface area contributed by atoms with Crippen molar-refractivity contribution in [2.75, 3.05) is 5.32 Å². The molecule has 0 spiro atoms. The average molecular weight is 466 g/mol. The highest BCUT2D eigenvalue weighted by atomic mass is 35.5. The molecular formula is C25H21Cl2N3O2. The van der Waals surface area contributed by atoms with Gasteiger partial charge in [-0.3, -0.25) is 9.48 Å². The lowest BCUT2D eigenvalue weighted by Gasteiger charge is -2.08. The minimum Gasteiger partial charge on any atom is -0.489 e. The van der Waals surface area contributed by atoms with Crippen molar-refractivity contribution < 1.29 is 9.53 Å². The van der Waals surface area contributed by atoms with Gasteiger partial charge in [0.15, 0.2) is 5.82 Å². The molecule has 0 bridgehead atoms. The van der Waals surface area contributed by atoms with Gasteiger partial charge in [-0.25, -0.2) is 0 Å². The van der Waals surface area contributed by atoms with Gasteiger partial charge in [0.2, 0.25) is 0 Å². The second-order valence-corrected chi connectivity index (χ2v) is 8.23. The number of hydrogen-bond donors (Lipinski definition) is 1. The van der Waals surface area contributed by atoms with Crippen molar-refractivity contribution in [3.05, 3.63) is 111 Å². The Hall–Kier alpha value is -3.28. The van der Waals surface area contributed by atoms with Crippen molar-refractivity contribution in [3.8, 4) is 5.75 Å². The molecule has 0 aliphatic heterocycles. The number of amides is 1. The summed E-state index contributed by atoms with van der Waals surface area (Å²) in [6.07, 6.45) is 0. The van der Waals surface area contributed by atoms with Gasteiger partial charge < -0.3 is 10.1 Å². The van der Waals surface area contributed by atoms with Crippen LogP contribution >= 0.6 is 23.2 Å². The molecule has 3 aromatic carbocycles. The molecule has 0 aliphatic carbocycles. The molecule has 7 heteroatoms. The molecule has 4 aromatic rings. The van der Waals surface area contributed by atoms with E-state index in [0.29, 0.717) is 40.3 Å². The zero-order valence-corrected chi connectivity index (χ0v) is 18.9. The van der Waals surface area contributed by atoms with Crippen LogP contribution in [-0.4, -0.2) is 15.7 Å². The van der Waals surface area contributed by atoms with E-state index in [-0.39, 0.29) is 5.91 Å². The van der Waals surface area contributed by atoms with Gasteiger partial charge in [0.1, 0.15) is 12.4 Å². The molecule has 32 heavy (non-hydrogen) atoms. The van der Waals surface area contributed by atoms with Crippen molar-refractivity contribution in [1.29, 1.82) is 0 Å². The zero-order chi connectivity index (χ0) is 22.5. The summed E-state index contributed by atoms with van der Waals surface area (Å²) in [5.41, 5.74) is 3.44. The number of nitrogens with one attached hydrogen (secondary N) is 1. The third-order valence-corrected chi connectivity index (χ3v) is 5.38. The van der Waals surface area contributed by atoms with E-state index in [0.717, 1.165) is 16.8 Å². The molecule has 5 nitrogen and oxygen atoms in total. The Labute approximate surface area is 196 Å². The zero-order valence-electron chi connectivity index (χ0n) is 17.4. The van der Waals surface area contributed by atoms with Crippen molar-refractivity contribution in [1.82, 2.24) is 9.78 Å². The van der Waals surface area contributed by atoms with Gasteiger partial charge in [0, 0.05) is 27.4 Å². The molecule has 1 amide bonds. The molecular weight excluding hydrogens is 445 g/mol. The predicted octanol–water partition coefficient (Wildman–Crippen LogP) is 6.38. The highest BCUT2D eigenvalue weighted by molar-refractivity contribution is 6.30. The third-order valence-electron chi connectivity index (χ3n) is 4.88. The number of carbonyl (C=O) groups is 1. The van der Waals surface area contributed by atoms with E-state index in [2.05, 4.69) is 10.4 Å². The summed E-state index contributed by atoms with van der Waals surface area (Å²) in [4.78, 5) is 12.8. The molecule has 0 fully saturated rings. The molecule has 0 saturated heterocycles. The molecule has 1 N–H and O–H groups in total. The first-order chi connectivity index (χ1) is 15.5. The largest absolute Gasteiger partial charge is 0.489 e. The number of ether oxygens (including phenoxy) is 1. The van der Waals surface area contributed by atoms with Crippen LogP contribution in [0, 0.1) is 6.92 Å². The lowest BCUT2D eigenvalue weighted by molar-refractivity contribution is 0.102. The molecule has 0 atom stereocenters. The summed E-state index contributed by atoms with van der Waals surface area (Å²) in [6, 6.07) is 23.9. The second-order valence-electron chi connectivity index (χ2n) is 7.35. The van der Waals surface area contributed by atoms with Crippen molar-refractivity contribution >= 4 is 34.9 Å². The fourth-order valence-corrected chi connectivity index (χ4v) is 3.43. The highest BCUT2D eigenvalue weighted by Gasteiger charge is 2.11. The van der Waals surface area contributed by atoms with E-state index in [9.17, 15) is 4.79 Å². The van der Waals surface area contributed by atoms with E-state index >= 15 is 0 Å². The van der Waals surface area contributed by atoms with Crippen LogP contribution in [0.2, 0.25) is 10.0 Å². The van der Waals surface area contributed by atoms with Crippen LogP contribution < -0.4 is 10.1 Å². The normalized spacial score (nSPS) is 10.7. The summed E-state index contributed by atoms with van der Waals surface area (Å²) in [5, 5.41) is 8.74. The Balaban J connectivity index is 1.40. The first-order valence-electron chi connectivity index (χ1n) is 10.0. The maximum atomic E-state index is 12.8. The molecule has 0 aliphatic rings. The second kappa shape index (κ2) is 9.90. The molecule has 4 rings (SSSR count). The monoisotopic (exact) mass is 465 g/mol. The van der Waals surface area contributed by atoms with Gasteiger partial charge in [-0.2, -0.15) is 5.10 Å². The number of anilines is 1. The van der Waals surface area contributed by atoms with Crippen molar-refractivity contribution in [3.63, 3.8) is 0 Å².